The molecule has 1 aliphatic heterocycles. The summed E-state index contributed by atoms with van der Waals surface area (Å²) in [5, 5.41) is 10.0. The summed E-state index contributed by atoms with van der Waals surface area (Å²) in [6, 6.07) is 17.4. The number of pyridine rings is 1. The van der Waals surface area contributed by atoms with Gasteiger partial charge in [-0.2, -0.15) is 0 Å². The smallest absolute Gasteiger partial charge is 0.303 e. The van der Waals surface area contributed by atoms with Crippen LogP contribution < -0.4 is 10.6 Å². The highest BCUT2D eigenvalue weighted by molar-refractivity contribution is 5.97. The van der Waals surface area contributed by atoms with Crippen LogP contribution in [-0.2, 0) is 11.2 Å². The number of anilines is 1. The van der Waals surface area contributed by atoms with E-state index in [9.17, 15) is 4.79 Å². The van der Waals surface area contributed by atoms with E-state index in [-0.39, 0.29) is 12.5 Å². The molecule has 1 fully saturated rings. The van der Waals surface area contributed by atoms with Crippen LogP contribution in [0.4, 0.5) is 5.69 Å². The zero-order valence-electron chi connectivity index (χ0n) is 19.0. The van der Waals surface area contributed by atoms with Crippen molar-refractivity contribution in [1.82, 2.24) is 9.88 Å². The molecule has 6 nitrogen and oxygen atoms in total. The molecule has 2 heterocycles. The van der Waals surface area contributed by atoms with Gasteiger partial charge in [0.2, 0.25) is 0 Å². The van der Waals surface area contributed by atoms with Crippen LogP contribution in [0.5, 0.6) is 0 Å². The van der Waals surface area contributed by atoms with Crippen LogP contribution in [0.25, 0.3) is 22.0 Å². The lowest BCUT2D eigenvalue weighted by Gasteiger charge is -2.36. The Bertz CT molecular complexity index is 1140. The summed E-state index contributed by atoms with van der Waals surface area (Å²) in [6.45, 7) is 4.74. The Morgan fingerprint density at radius 3 is 2.58 bits per heavy atom. The lowest BCUT2D eigenvalue weighted by molar-refractivity contribution is -0.137. The van der Waals surface area contributed by atoms with Gasteiger partial charge in [0.25, 0.3) is 0 Å². The van der Waals surface area contributed by atoms with Crippen LogP contribution in [0.3, 0.4) is 0 Å². The van der Waals surface area contributed by atoms with E-state index >= 15 is 0 Å². The van der Waals surface area contributed by atoms with E-state index in [1.807, 2.05) is 6.07 Å². The molecule has 0 amide bonds. The first kappa shape index (κ1) is 21.9. The average Bonchev–Trinajstić information content (AvgIpc) is 2.83. The fourth-order valence-electron chi connectivity index (χ4n) is 5.32. The number of nitrogens with zero attached hydrogens (tertiary/aromatic N) is 3. The Kier molecular flexibility index (Phi) is 6.29. The van der Waals surface area contributed by atoms with Crippen LogP contribution in [0.1, 0.15) is 43.0 Å². The van der Waals surface area contributed by atoms with Crippen molar-refractivity contribution in [1.29, 1.82) is 0 Å². The number of para-hydroxylation sites is 1. The molecular formula is C27H32N4O2. The molecule has 0 bridgehead atoms. The first-order chi connectivity index (χ1) is 16.1. The minimum atomic E-state index is -0.709. The van der Waals surface area contributed by atoms with Crippen molar-refractivity contribution in [3.05, 3.63) is 59.8 Å². The van der Waals surface area contributed by atoms with Gasteiger partial charge in [0.05, 0.1) is 11.2 Å². The zero-order chi connectivity index (χ0) is 22.8. The minimum absolute atomic E-state index is 0.0168. The normalized spacial score (nSPS) is 18.9. The maximum Gasteiger partial charge on any atom is 0.303 e. The van der Waals surface area contributed by atoms with Gasteiger partial charge >= 0.3 is 5.97 Å². The summed E-state index contributed by atoms with van der Waals surface area (Å²) in [7, 11) is 0. The fraction of sp³-hybridized carbons (Fsp3) is 0.407. The minimum Gasteiger partial charge on any atom is -0.481 e. The average molecular weight is 445 g/mol. The summed E-state index contributed by atoms with van der Waals surface area (Å²) in [6.07, 6.45) is 4.11. The molecule has 172 valence electrons. The standard InChI is InChI=1S/C27H32N4O2/c28-23-7-3-6-22-26(21-5-1-2-8-24(21)29-27(22)23)19-10-12-20(13-11-19)31-17-15-30(16-18-31)14-4-9-25(32)33/h1-2,5,8,10-13,23H,3-4,6-7,9,14-18,28H2,(H,32,33). The molecule has 1 saturated heterocycles. The molecule has 6 heteroatoms. The number of hydrogen-bond donors (Lipinski definition) is 2. The molecule has 0 spiro atoms. The third-order valence-corrected chi connectivity index (χ3v) is 7.08. The van der Waals surface area contributed by atoms with Gasteiger partial charge in [-0.3, -0.25) is 14.7 Å². The number of carbonyl (C=O) groups is 1. The molecule has 1 atom stereocenters. The summed E-state index contributed by atoms with van der Waals surface area (Å²) < 4.78 is 0. The predicted molar refractivity (Wildman–Crippen MR) is 133 cm³/mol. The van der Waals surface area contributed by atoms with E-state index in [2.05, 4.69) is 52.3 Å². The van der Waals surface area contributed by atoms with Crippen molar-refractivity contribution >= 4 is 22.6 Å². The van der Waals surface area contributed by atoms with Gasteiger partial charge in [-0.25, -0.2) is 0 Å². The van der Waals surface area contributed by atoms with Crippen LogP contribution in [-0.4, -0.2) is 53.7 Å². The van der Waals surface area contributed by atoms with Crippen molar-refractivity contribution in [3.8, 4) is 11.1 Å². The summed E-state index contributed by atoms with van der Waals surface area (Å²) in [5.74, 6) is -0.709. The number of carboxylic acids is 1. The third-order valence-electron chi connectivity index (χ3n) is 7.08. The van der Waals surface area contributed by atoms with Gasteiger partial charge in [-0.1, -0.05) is 30.3 Å². The quantitative estimate of drug-likeness (QED) is 0.592. The van der Waals surface area contributed by atoms with Crippen LogP contribution in [0.15, 0.2) is 48.5 Å². The number of aliphatic carboxylic acids is 1. The highest BCUT2D eigenvalue weighted by Gasteiger charge is 2.24. The SMILES string of the molecule is NC1CCCc2c1nc1ccccc1c2-c1ccc(N2CCN(CCCC(=O)O)CC2)cc1. The number of fused-ring (bicyclic) bond motifs is 2. The molecule has 3 aromatic rings. The van der Waals surface area contributed by atoms with Crippen molar-refractivity contribution in [2.75, 3.05) is 37.6 Å². The highest BCUT2D eigenvalue weighted by Crippen LogP contribution is 2.39. The number of carboxylic acid groups (broad SMARTS) is 1. The van der Waals surface area contributed by atoms with E-state index in [1.165, 1.54) is 27.8 Å². The largest absolute Gasteiger partial charge is 0.481 e. The Morgan fingerprint density at radius 1 is 1.06 bits per heavy atom. The second kappa shape index (κ2) is 9.49. The Labute approximate surface area is 195 Å². The second-order valence-corrected chi connectivity index (χ2v) is 9.24. The molecule has 2 aromatic carbocycles. The Morgan fingerprint density at radius 2 is 1.82 bits per heavy atom. The number of rotatable bonds is 6. The summed E-state index contributed by atoms with van der Waals surface area (Å²) >= 11 is 0. The lowest BCUT2D eigenvalue weighted by atomic mass is 9.85. The maximum atomic E-state index is 10.7. The molecule has 0 saturated carbocycles. The monoisotopic (exact) mass is 444 g/mol. The van der Waals surface area contributed by atoms with E-state index < -0.39 is 5.97 Å². The van der Waals surface area contributed by atoms with E-state index in [1.54, 1.807) is 0 Å². The van der Waals surface area contributed by atoms with Crippen LogP contribution in [0.2, 0.25) is 0 Å². The van der Waals surface area contributed by atoms with Gasteiger partial charge in [0, 0.05) is 49.7 Å². The highest BCUT2D eigenvalue weighted by atomic mass is 16.4. The lowest BCUT2D eigenvalue weighted by Crippen LogP contribution is -2.46. The third kappa shape index (κ3) is 4.59. The molecule has 2 aliphatic rings. The molecule has 1 aromatic heterocycles. The first-order valence-corrected chi connectivity index (χ1v) is 12.1. The number of aromatic nitrogens is 1. The van der Waals surface area contributed by atoms with Gasteiger partial charge in [0.15, 0.2) is 0 Å². The Balaban J connectivity index is 1.36. The van der Waals surface area contributed by atoms with Gasteiger partial charge in [-0.15, -0.1) is 0 Å². The molecule has 5 rings (SSSR count). The second-order valence-electron chi connectivity index (χ2n) is 9.24. The molecule has 3 N–H and O–H groups in total. The van der Waals surface area contributed by atoms with Crippen molar-refractivity contribution in [3.63, 3.8) is 0 Å². The van der Waals surface area contributed by atoms with E-state index in [0.717, 1.165) is 69.6 Å². The topological polar surface area (TPSA) is 82.7 Å². The van der Waals surface area contributed by atoms with Crippen molar-refractivity contribution in [2.24, 2.45) is 5.73 Å². The number of hydrogen-bond acceptors (Lipinski definition) is 5. The van der Waals surface area contributed by atoms with Gasteiger partial charge in [-0.05, 0) is 67.1 Å². The first-order valence-electron chi connectivity index (χ1n) is 12.1. The molecule has 0 radical (unpaired) electrons. The van der Waals surface area contributed by atoms with E-state index in [4.69, 9.17) is 15.8 Å². The van der Waals surface area contributed by atoms with Gasteiger partial charge < -0.3 is 15.7 Å². The van der Waals surface area contributed by atoms with E-state index in [0.29, 0.717) is 0 Å². The van der Waals surface area contributed by atoms with Crippen LogP contribution in [0, 0.1) is 0 Å². The summed E-state index contributed by atoms with van der Waals surface area (Å²) in [4.78, 5) is 20.5. The summed E-state index contributed by atoms with van der Waals surface area (Å²) in [5.41, 5.74) is 13.6. The predicted octanol–water partition coefficient (Wildman–Crippen LogP) is 4.22. The molecular weight excluding hydrogens is 412 g/mol. The van der Waals surface area contributed by atoms with Crippen molar-refractivity contribution < 1.29 is 9.90 Å². The maximum absolute atomic E-state index is 10.7. The van der Waals surface area contributed by atoms with Crippen molar-refractivity contribution in [2.45, 2.75) is 38.1 Å². The molecule has 33 heavy (non-hydrogen) atoms. The molecule has 1 aliphatic carbocycles. The van der Waals surface area contributed by atoms with Crippen LogP contribution >= 0.6 is 0 Å². The molecule has 1 unspecified atom stereocenters. The number of benzene rings is 2. The fourth-order valence-corrected chi connectivity index (χ4v) is 5.32. The zero-order valence-corrected chi connectivity index (χ0v) is 19.0. The Hall–Kier alpha value is -2.96. The van der Waals surface area contributed by atoms with Gasteiger partial charge in [0.1, 0.15) is 0 Å². The number of piperazine rings is 1. The number of nitrogens with two attached hydrogens (primary N) is 1.